The molecule has 206 valence electrons. The minimum absolute atomic E-state index is 0.0284. The van der Waals surface area contributed by atoms with Crippen LogP contribution in [-0.4, -0.2) is 47.0 Å². The van der Waals surface area contributed by atoms with E-state index in [9.17, 15) is 24.3 Å². The molecule has 2 amide bonds. The molecule has 38 heavy (non-hydrogen) atoms. The second kappa shape index (κ2) is 15.3. The number of aryl methyl sites for hydroxylation is 1. The van der Waals surface area contributed by atoms with Crippen molar-refractivity contribution in [2.45, 2.75) is 59.5 Å². The van der Waals surface area contributed by atoms with Gasteiger partial charge in [-0.25, -0.2) is 4.79 Å². The molecule has 0 saturated carbocycles. The molecule has 9 heteroatoms. The number of thiol groups is 1. The molecule has 8 nitrogen and oxygen atoms in total. The molecular weight excluding hydrogens is 502 g/mol. The average molecular weight is 542 g/mol. The van der Waals surface area contributed by atoms with Crippen LogP contribution in [0.1, 0.15) is 71.9 Å². The van der Waals surface area contributed by atoms with Crippen LogP contribution in [0.25, 0.3) is 0 Å². The fourth-order valence-corrected chi connectivity index (χ4v) is 4.69. The van der Waals surface area contributed by atoms with Crippen molar-refractivity contribution in [1.82, 2.24) is 10.6 Å². The van der Waals surface area contributed by atoms with Crippen LogP contribution in [0.2, 0.25) is 0 Å². The minimum atomic E-state index is -1.16. The van der Waals surface area contributed by atoms with E-state index in [1.54, 1.807) is 31.2 Å². The molecule has 0 fully saturated rings. The van der Waals surface area contributed by atoms with E-state index in [2.05, 4.69) is 35.5 Å². The van der Waals surface area contributed by atoms with Gasteiger partial charge >= 0.3 is 5.97 Å². The Balaban J connectivity index is 1.99. The van der Waals surface area contributed by atoms with Crippen molar-refractivity contribution in [2.75, 3.05) is 17.6 Å². The molecule has 0 saturated heterocycles. The van der Waals surface area contributed by atoms with Crippen molar-refractivity contribution in [1.29, 1.82) is 0 Å². The van der Waals surface area contributed by atoms with E-state index in [1.165, 1.54) is 6.07 Å². The van der Waals surface area contributed by atoms with Crippen molar-refractivity contribution in [2.24, 2.45) is 11.8 Å². The number of carbonyl (C=O) groups excluding carboxylic acids is 3. The number of hydrogen-bond donors (Lipinski definition) is 5. The molecule has 0 aliphatic rings. The largest absolute Gasteiger partial charge is 0.478 e. The number of anilines is 1. The maximum atomic E-state index is 12.9. The highest BCUT2D eigenvalue weighted by Gasteiger charge is 2.23. The van der Waals surface area contributed by atoms with E-state index in [0.29, 0.717) is 30.0 Å². The van der Waals surface area contributed by atoms with Crippen molar-refractivity contribution < 1.29 is 24.3 Å². The third-order valence-corrected chi connectivity index (χ3v) is 6.90. The Bertz CT molecular complexity index is 1120. The van der Waals surface area contributed by atoms with Crippen LogP contribution in [0, 0.1) is 18.8 Å². The molecule has 0 aromatic heterocycles. The first-order valence-electron chi connectivity index (χ1n) is 13.0. The monoisotopic (exact) mass is 541 g/mol. The molecule has 0 bridgehead atoms. The smallest absolute Gasteiger partial charge is 0.336 e. The van der Waals surface area contributed by atoms with Crippen LogP contribution in [0.4, 0.5) is 5.69 Å². The zero-order valence-corrected chi connectivity index (χ0v) is 23.4. The highest BCUT2D eigenvalue weighted by molar-refractivity contribution is 7.80. The Morgan fingerprint density at radius 2 is 1.71 bits per heavy atom. The van der Waals surface area contributed by atoms with Crippen LogP contribution in [0.3, 0.4) is 0 Å². The number of amides is 2. The Morgan fingerprint density at radius 3 is 2.29 bits per heavy atom. The predicted octanol–water partition coefficient (Wildman–Crippen LogP) is 4.48. The van der Waals surface area contributed by atoms with E-state index < -0.39 is 17.9 Å². The number of nitrogens with one attached hydrogen (secondary N) is 3. The van der Waals surface area contributed by atoms with Gasteiger partial charge in [-0.05, 0) is 48.6 Å². The SMILES string of the molecule is CCCCC(NCc1ccc(NC(=O)c2c(C)cccc2C(=O)O)cc1)C(=O)CNC(=O)C(CS)C(C)C. The number of Topliss-reactive ketones (excluding diaryl/α,β-unsaturated/α-hetero) is 1. The van der Waals surface area contributed by atoms with Crippen molar-refractivity contribution in [3.63, 3.8) is 0 Å². The number of ketones is 1. The minimum Gasteiger partial charge on any atom is -0.478 e. The first-order chi connectivity index (χ1) is 18.1. The lowest BCUT2D eigenvalue weighted by atomic mass is 9.97. The molecule has 0 spiro atoms. The topological polar surface area (TPSA) is 125 Å². The molecule has 2 aromatic rings. The lowest BCUT2D eigenvalue weighted by molar-refractivity contribution is -0.129. The van der Waals surface area contributed by atoms with Gasteiger partial charge in [-0.3, -0.25) is 14.4 Å². The zero-order valence-electron chi connectivity index (χ0n) is 22.5. The number of carboxylic acid groups (broad SMARTS) is 1. The third kappa shape index (κ3) is 8.99. The van der Waals surface area contributed by atoms with Crippen LogP contribution in [-0.2, 0) is 16.1 Å². The number of unbranched alkanes of at least 4 members (excludes halogenated alkanes) is 1. The highest BCUT2D eigenvalue weighted by atomic mass is 32.1. The van der Waals surface area contributed by atoms with Gasteiger partial charge in [-0.1, -0.05) is 57.9 Å². The molecule has 0 heterocycles. The molecule has 4 N–H and O–H groups in total. The molecule has 2 unspecified atom stereocenters. The lowest BCUT2D eigenvalue weighted by Gasteiger charge is -2.21. The van der Waals surface area contributed by atoms with Gasteiger partial charge in [0.15, 0.2) is 5.78 Å². The highest BCUT2D eigenvalue weighted by Crippen LogP contribution is 2.18. The van der Waals surface area contributed by atoms with Crippen LogP contribution in [0.15, 0.2) is 42.5 Å². The van der Waals surface area contributed by atoms with Crippen molar-refractivity contribution >= 4 is 41.9 Å². The molecule has 0 aliphatic carbocycles. The Kier molecular flexibility index (Phi) is 12.5. The number of rotatable bonds is 15. The first-order valence-corrected chi connectivity index (χ1v) is 13.6. The van der Waals surface area contributed by atoms with E-state index in [1.807, 2.05) is 26.0 Å². The van der Waals surface area contributed by atoms with E-state index >= 15 is 0 Å². The number of benzene rings is 2. The maximum Gasteiger partial charge on any atom is 0.336 e. The quantitative estimate of drug-likeness (QED) is 0.212. The Morgan fingerprint density at radius 1 is 1.03 bits per heavy atom. The normalized spacial score (nSPS) is 12.6. The number of hydrogen-bond acceptors (Lipinski definition) is 6. The summed E-state index contributed by atoms with van der Waals surface area (Å²) in [7, 11) is 0. The van der Waals surface area contributed by atoms with Crippen LogP contribution in [0.5, 0.6) is 0 Å². The van der Waals surface area contributed by atoms with E-state index in [4.69, 9.17) is 0 Å². The zero-order chi connectivity index (χ0) is 28.2. The summed E-state index contributed by atoms with van der Waals surface area (Å²) in [5.74, 6) is -1.54. The van der Waals surface area contributed by atoms with Gasteiger partial charge < -0.3 is 21.1 Å². The fraction of sp³-hybridized carbons (Fsp3) is 0.448. The summed E-state index contributed by atoms with van der Waals surface area (Å²) >= 11 is 4.26. The summed E-state index contributed by atoms with van der Waals surface area (Å²) in [4.78, 5) is 49.6. The molecule has 0 radical (unpaired) electrons. The molecular formula is C29H39N3O5S. The lowest BCUT2D eigenvalue weighted by Crippen LogP contribution is -2.44. The number of carboxylic acids is 1. The summed E-state index contributed by atoms with van der Waals surface area (Å²) in [5.41, 5.74) is 2.10. The molecule has 2 aromatic carbocycles. The average Bonchev–Trinajstić information content (AvgIpc) is 2.88. The summed E-state index contributed by atoms with van der Waals surface area (Å²) in [6.07, 6.45) is 2.50. The fourth-order valence-electron chi connectivity index (χ4n) is 4.10. The van der Waals surface area contributed by atoms with Gasteiger partial charge in [0.2, 0.25) is 5.91 Å². The molecule has 2 atom stereocenters. The van der Waals surface area contributed by atoms with E-state index in [-0.39, 0.29) is 41.2 Å². The Hall–Kier alpha value is -3.17. The van der Waals surface area contributed by atoms with Gasteiger partial charge in [0.05, 0.1) is 23.7 Å². The number of aromatic carboxylic acids is 1. The van der Waals surface area contributed by atoms with E-state index in [0.717, 1.165) is 18.4 Å². The summed E-state index contributed by atoms with van der Waals surface area (Å²) in [5, 5.41) is 18.3. The van der Waals surface area contributed by atoms with Crippen LogP contribution >= 0.6 is 12.6 Å². The second-order valence-corrected chi connectivity index (χ2v) is 10.1. The van der Waals surface area contributed by atoms with Gasteiger partial charge in [0.1, 0.15) is 0 Å². The molecule has 0 aliphatic heterocycles. The number of carbonyl (C=O) groups is 4. The standard InChI is InChI=1S/C29H39N3O5S/c1-5-6-10-24(25(33)16-31-27(34)23(17-38)18(2)3)30-15-20-11-13-21(14-12-20)32-28(35)26-19(4)8-7-9-22(26)29(36)37/h7-9,11-14,18,23-24,30,38H,5-6,10,15-17H2,1-4H3,(H,31,34)(H,32,35)(H,36,37). The van der Waals surface area contributed by atoms with Crippen molar-refractivity contribution in [3.05, 3.63) is 64.7 Å². The van der Waals surface area contributed by atoms with Crippen LogP contribution < -0.4 is 16.0 Å². The van der Waals surface area contributed by atoms with Gasteiger partial charge in [0, 0.05) is 23.9 Å². The summed E-state index contributed by atoms with van der Waals surface area (Å²) < 4.78 is 0. The Labute approximate surface area is 230 Å². The summed E-state index contributed by atoms with van der Waals surface area (Å²) in [6.45, 7) is 8.09. The van der Waals surface area contributed by atoms with Gasteiger partial charge in [-0.15, -0.1) is 0 Å². The van der Waals surface area contributed by atoms with Gasteiger partial charge in [-0.2, -0.15) is 12.6 Å². The molecule has 2 rings (SSSR count). The second-order valence-electron chi connectivity index (χ2n) is 9.75. The van der Waals surface area contributed by atoms with Crippen molar-refractivity contribution in [3.8, 4) is 0 Å². The summed E-state index contributed by atoms with van der Waals surface area (Å²) in [6, 6.07) is 11.5. The predicted molar refractivity (Wildman–Crippen MR) is 153 cm³/mol. The maximum absolute atomic E-state index is 12.9. The third-order valence-electron chi connectivity index (χ3n) is 6.50. The van der Waals surface area contributed by atoms with Gasteiger partial charge in [0.25, 0.3) is 5.91 Å². The first kappa shape index (κ1) is 31.1.